The Hall–Kier alpha value is 0.566. The molecule has 0 rings (SSSR count). The van der Waals surface area contributed by atoms with Crippen molar-refractivity contribution in [2.24, 2.45) is 0 Å². The summed E-state index contributed by atoms with van der Waals surface area (Å²) in [6.45, 7) is 4.21. The minimum atomic E-state index is -0.801. The van der Waals surface area contributed by atoms with Crippen LogP contribution in [0, 0.1) is 0 Å². The van der Waals surface area contributed by atoms with Crippen LogP contribution in [0.15, 0.2) is 11.8 Å². The molecular weight excluding hydrogens is 247 g/mol. The summed E-state index contributed by atoms with van der Waals surface area (Å²) < 4.78 is 0. The monoisotopic (exact) mass is 268 g/mol. The Kier molecular flexibility index (Phi) is 17.1. The van der Waals surface area contributed by atoms with Gasteiger partial charge in [-0.2, -0.15) is 0 Å². The summed E-state index contributed by atoms with van der Waals surface area (Å²) in [5.41, 5.74) is 0. The van der Waals surface area contributed by atoms with Crippen molar-refractivity contribution >= 4 is 5.97 Å². The third kappa shape index (κ3) is 16.6. The third-order valence-corrected chi connectivity index (χ3v) is 1.95. The molecule has 0 bridgehead atoms. The van der Waals surface area contributed by atoms with Gasteiger partial charge in [0.2, 0.25) is 0 Å². The van der Waals surface area contributed by atoms with Crippen LogP contribution in [0.25, 0.3) is 0 Å². The number of carbonyl (C=O) groups is 1. The van der Waals surface area contributed by atoms with E-state index in [-0.39, 0.29) is 63.6 Å². The number of nitrogens with one attached hydrogen (secondary N) is 2. The van der Waals surface area contributed by atoms with E-state index < -0.39 is 5.97 Å². The number of carboxylic acid groups (broad SMARTS) is 1. The largest absolute Gasteiger partial charge is 1.00 e. The maximum Gasteiger partial charge on any atom is 1.00 e. The van der Waals surface area contributed by atoms with Crippen LogP contribution in [0.3, 0.4) is 0 Å². The molecule has 0 aliphatic heterocycles. The Balaban J connectivity index is 0. The van der Waals surface area contributed by atoms with Crippen LogP contribution >= 0.6 is 0 Å². The van der Waals surface area contributed by atoms with Crippen LogP contribution in [0.4, 0.5) is 0 Å². The van der Waals surface area contributed by atoms with Crippen molar-refractivity contribution in [3.63, 3.8) is 0 Å². The Morgan fingerprint density at radius 2 is 1.94 bits per heavy atom. The Morgan fingerprint density at radius 3 is 2.53 bits per heavy atom. The fraction of sp³-hybridized carbons (Fsp3) is 0.727. The fourth-order valence-corrected chi connectivity index (χ4v) is 1.09. The van der Waals surface area contributed by atoms with Gasteiger partial charge in [0.05, 0.1) is 6.42 Å². The predicted octanol–water partition coefficient (Wildman–Crippen LogP) is -3.31. The zero-order chi connectivity index (χ0) is 12.2. The predicted molar refractivity (Wildman–Crippen MR) is 61.0 cm³/mol. The van der Waals surface area contributed by atoms with Crippen LogP contribution in [-0.4, -0.2) is 37.3 Å². The molecule has 0 amide bonds. The molecule has 0 unspecified atom stereocenters. The van der Waals surface area contributed by atoms with Gasteiger partial charge in [0, 0.05) is 26.2 Å². The van der Waals surface area contributed by atoms with E-state index in [1.54, 1.807) is 6.08 Å². The average molecular weight is 268 g/mol. The zero-order valence-corrected chi connectivity index (χ0v) is 13.9. The van der Waals surface area contributed by atoms with E-state index >= 15 is 0 Å². The summed E-state index contributed by atoms with van der Waals surface area (Å²) >= 11 is 0. The second kappa shape index (κ2) is 14.6. The van der Waals surface area contributed by atoms with Crippen LogP contribution in [-0.2, 0) is 4.79 Å². The number of rotatable bonds is 10. The van der Waals surface area contributed by atoms with Gasteiger partial charge in [-0.3, -0.25) is 4.79 Å². The molecule has 0 heterocycles. The average Bonchev–Trinajstić information content (AvgIpc) is 2.24. The van der Waals surface area contributed by atoms with Gasteiger partial charge in [0.15, 0.2) is 0 Å². The van der Waals surface area contributed by atoms with Gasteiger partial charge >= 0.3 is 57.4 Å². The molecule has 6 heteroatoms. The Morgan fingerprint density at radius 1 is 1.29 bits per heavy atom. The fourth-order valence-electron chi connectivity index (χ4n) is 1.09. The van der Waals surface area contributed by atoms with E-state index in [9.17, 15) is 9.90 Å². The van der Waals surface area contributed by atoms with Crippen molar-refractivity contribution in [3.8, 4) is 0 Å². The number of carboxylic acids is 1. The maximum absolute atomic E-state index is 11.2. The molecule has 5 nitrogen and oxygen atoms in total. The number of hydrogen-bond donors (Lipinski definition) is 3. The summed E-state index contributed by atoms with van der Waals surface area (Å²) in [5.74, 6) is -0.683. The molecule has 94 valence electrons. The Labute approximate surface area is 145 Å². The van der Waals surface area contributed by atoms with Gasteiger partial charge in [-0.25, -0.2) is 0 Å². The molecule has 0 atom stereocenters. The molecule has 0 aromatic carbocycles. The number of hydrogen-bond acceptors (Lipinski definition) is 4. The number of aliphatic carboxylic acids is 1. The second-order valence-electron chi connectivity index (χ2n) is 3.53. The number of unbranched alkanes of at least 4 members (excludes halogenated alkanes) is 1. The molecule has 0 aliphatic rings. The first-order chi connectivity index (χ1) is 7.66. The van der Waals surface area contributed by atoms with E-state index in [0.717, 1.165) is 12.8 Å². The summed E-state index contributed by atoms with van der Waals surface area (Å²) in [6.07, 6.45) is 3.65. The Bertz CT molecular complexity index is 223. The SMILES string of the molecule is CCC/C=C(\[O-])CNCCNCCC(=O)O.[K+]. The van der Waals surface area contributed by atoms with E-state index in [2.05, 4.69) is 10.6 Å². The minimum Gasteiger partial charge on any atom is -0.875 e. The van der Waals surface area contributed by atoms with Crippen LogP contribution in [0.5, 0.6) is 0 Å². The normalized spacial score (nSPS) is 11.0. The topological polar surface area (TPSA) is 84.4 Å². The van der Waals surface area contributed by atoms with E-state index in [4.69, 9.17) is 5.11 Å². The first-order valence-electron chi connectivity index (χ1n) is 5.66. The quantitative estimate of drug-likeness (QED) is 0.219. The summed E-state index contributed by atoms with van der Waals surface area (Å²) in [4.78, 5) is 10.2. The van der Waals surface area contributed by atoms with E-state index in [1.165, 1.54) is 0 Å². The summed E-state index contributed by atoms with van der Waals surface area (Å²) in [5, 5.41) is 25.5. The van der Waals surface area contributed by atoms with Crippen molar-refractivity contribution in [2.45, 2.75) is 26.2 Å². The molecule has 0 saturated heterocycles. The van der Waals surface area contributed by atoms with Gasteiger partial charge in [0.25, 0.3) is 0 Å². The third-order valence-electron chi connectivity index (χ3n) is 1.95. The van der Waals surface area contributed by atoms with Gasteiger partial charge < -0.3 is 20.8 Å². The second-order valence-corrected chi connectivity index (χ2v) is 3.53. The van der Waals surface area contributed by atoms with Crippen molar-refractivity contribution in [1.29, 1.82) is 0 Å². The molecule has 0 aromatic heterocycles. The van der Waals surface area contributed by atoms with Gasteiger partial charge in [0.1, 0.15) is 0 Å². The molecule has 17 heavy (non-hydrogen) atoms. The van der Waals surface area contributed by atoms with Crippen molar-refractivity contribution < 1.29 is 66.4 Å². The van der Waals surface area contributed by atoms with Crippen LogP contribution in [0.1, 0.15) is 26.2 Å². The standard InChI is InChI=1S/C11H22N2O3.K/c1-2-3-4-10(14)9-13-8-7-12-6-5-11(15)16;/h4,12-14H,2-3,5-9H2,1H3,(H,15,16);/q;+1/p-1/b10-4-;. The molecule has 0 radical (unpaired) electrons. The van der Waals surface area contributed by atoms with Gasteiger partial charge in [-0.05, 0) is 6.42 Å². The maximum atomic E-state index is 11.2. The summed E-state index contributed by atoms with van der Waals surface area (Å²) in [7, 11) is 0. The molecule has 0 aromatic rings. The molecule has 0 saturated carbocycles. The zero-order valence-electron chi connectivity index (χ0n) is 10.8. The van der Waals surface area contributed by atoms with Crippen molar-refractivity contribution in [3.05, 3.63) is 11.8 Å². The van der Waals surface area contributed by atoms with Crippen molar-refractivity contribution in [1.82, 2.24) is 10.6 Å². The van der Waals surface area contributed by atoms with Crippen molar-refractivity contribution in [2.75, 3.05) is 26.2 Å². The van der Waals surface area contributed by atoms with E-state index in [0.29, 0.717) is 26.2 Å². The molecule has 0 aliphatic carbocycles. The summed E-state index contributed by atoms with van der Waals surface area (Å²) in [6, 6.07) is 0. The molecular formula is C11H21KN2O3. The molecule has 0 spiro atoms. The molecule has 3 N–H and O–H groups in total. The van der Waals surface area contributed by atoms with Crippen LogP contribution in [0.2, 0.25) is 0 Å². The number of allylic oxidation sites excluding steroid dienone is 1. The van der Waals surface area contributed by atoms with Gasteiger partial charge in [-0.1, -0.05) is 19.4 Å². The minimum absolute atomic E-state index is 0. The molecule has 0 fully saturated rings. The van der Waals surface area contributed by atoms with Crippen LogP contribution < -0.4 is 67.1 Å². The first-order valence-corrected chi connectivity index (χ1v) is 5.66. The first kappa shape index (κ1) is 19.9. The van der Waals surface area contributed by atoms with Gasteiger partial charge in [-0.15, -0.1) is 5.76 Å². The smallest absolute Gasteiger partial charge is 0.875 e. The van der Waals surface area contributed by atoms with E-state index in [1.807, 2.05) is 6.92 Å².